The van der Waals surface area contributed by atoms with Gasteiger partial charge >= 0.3 is 0 Å². The molecular weight excluding hydrogens is 218 g/mol. The van der Waals surface area contributed by atoms with Gasteiger partial charge in [0, 0.05) is 22.9 Å². The van der Waals surface area contributed by atoms with Gasteiger partial charge in [0.1, 0.15) is 0 Å². The SMILES string of the molecule is CNc1nnc(-c2csc(C)c2)c(C)c1C. The third-order valence-electron chi connectivity index (χ3n) is 2.76. The maximum atomic E-state index is 4.29. The van der Waals surface area contributed by atoms with Gasteiger partial charge in [0.2, 0.25) is 0 Å². The predicted molar refractivity (Wildman–Crippen MR) is 69.1 cm³/mol. The van der Waals surface area contributed by atoms with Crippen molar-refractivity contribution < 1.29 is 0 Å². The summed E-state index contributed by atoms with van der Waals surface area (Å²) in [7, 11) is 1.87. The highest BCUT2D eigenvalue weighted by atomic mass is 32.1. The third-order valence-corrected chi connectivity index (χ3v) is 3.63. The Morgan fingerprint density at radius 2 is 1.88 bits per heavy atom. The normalized spacial score (nSPS) is 10.5. The highest BCUT2D eigenvalue weighted by Gasteiger charge is 2.11. The molecule has 0 saturated heterocycles. The summed E-state index contributed by atoms with van der Waals surface area (Å²) < 4.78 is 0. The Balaban J connectivity index is 2.55. The zero-order valence-electron chi connectivity index (χ0n) is 9.96. The van der Waals surface area contributed by atoms with Crippen molar-refractivity contribution in [1.29, 1.82) is 0 Å². The van der Waals surface area contributed by atoms with Gasteiger partial charge in [-0.05, 0) is 38.0 Å². The van der Waals surface area contributed by atoms with Gasteiger partial charge in [-0.2, -0.15) is 0 Å². The quantitative estimate of drug-likeness (QED) is 0.865. The van der Waals surface area contributed by atoms with E-state index in [9.17, 15) is 0 Å². The molecule has 0 radical (unpaired) electrons. The molecule has 84 valence electrons. The average Bonchev–Trinajstić information content (AvgIpc) is 2.69. The first-order valence-corrected chi connectivity index (χ1v) is 6.08. The second-order valence-electron chi connectivity index (χ2n) is 3.84. The molecule has 0 fully saturated rings. The van der Waals surface area contributed by atoms with E-state index >= 15 is 0 Å². The molecule has 0 amide bonds. The number of thiophene rings is 1. The molecular formula is C12H15N3S. The summed E-state index contributed by atoms with van der Waals surface area (Å²) in [4.78, 5) is 1.30. The fourth-order valence-electron chi connectivity index (χ4n) is 1.68. The van der Waals surface area contributed by atoms with E-state index in [-0.39, 0.29) is 0 Å². The van der Waals surface area contributed by atoms with Gasteiger partial charge in [-0.3, -0.25) is 0 Å². The van der Waals surface area contributed by atoms with Gasteiger partial charge in [-0.25, -0.2) is 0 Å². The van der Waals surface area contributed by atoms with Gasteiger partial charge in [0.15, 0.2) is 5.82 Å². The number of aromatic nitrogens is 2. The molecule has 0 atom stereocenters. The Labute approximate surface area is 99.5 Å². The lowest BCUT2D eigenvalue weighted by atomic mass is 10.1. The Hall–Kier alpha value is -1.42. The monoisotopic (exact) mass is 233 g/mol. The van der Waals surface area contributed by atoms with Gasteiger partial charge in [0.25, 0.3) is 0 Å². The summed E-state index contributed by atoms with van der Waals surface area (Å²) in [5, 5.41) is 13.7. The number of anilines is 1. The zero-order chi connectivity index (χ0) is 11.7. The maximum absolute atomic E-state index is 4.29. The summed E-state index contributed by atoms with van der Waals surface area (Å²) >= 11 is 1.74. The number of hydrogen-bond donors (Lipinski definition) is 1. The number of nitrogens with one attached hydrogen (secondary N) is 1. The molecule has 0 bridgehead atoms. The maximum Gasteiger partial charge on any atom is 0.151 e. The van der Waals surface area contributed by atoms with Gasteiger partial charge in [-0.15, -0.1) is 21.5 Å². The molecule has 0 saturated carbocycles. The summed E-state index contributed by atoms with van der Waals surface area (Å²) in [5.74, 6) is 0.855. The van der Waals surface area contributed by atoms with Crippen LogP contribution in [0.1, 0.15) is 16.0 Å². The van der Waals surface area contributed by atoms with Crippen LogP contribution >= 0.6 is 11.3 Å². The molecule has 2 heterocycles. The summed E-state index contributed by atoms with van der Waals surface area (Å²) in [6.45, 7) is 6.26. The van der Waals surface area contributed by atoms with Crippen LogP contribution in [-0.4, -0.2) is 17.2 Å². The van der Waals surface area contributed by atoms with E-state index in [2.05, 4.69) is 47.7 Å². The lowest BCUT2D eigenvalue weighted by Crippen LogP contribution is -2.02. The van der Waals surface area contributed by atoms with Crippen LogP contribution < -0.4 is 5.32 Å². The van der Waals surface area contributed by atoms with Crippen molar-refractivity contribution in [2.24, 2.45) is 0 Å². The Bertz CT molecular complexity index is 517. The number of rotatable bonds is 2. The summed E-state index contributed by atoms with van der Waals surface area (Å²) in [5.41, 5.74) is 4.51. The molecule has 0 spiro atoms. The number of aryl methyl sites for hydroxylation is 1. The van der Waals surface area contributed by atoms with Crippen LogP contribution in [0.5, 0.6) is 0 Å². The zero-order valence-corrected chi connectivity index (χ0v) is 10.8. The smallest absolute Gasteiger partial charge is 0.151 e. The van der Waals surface area contributed by atoms with Crippen LogP contribution in [-0.2, 0) is 0 Å². The topological polar surface area (TPSA) is 37.8 Å². The second kappa shape index (κ2) is 4.22. The molecule has 16 heavy (non-hydrogen) atoms. The van der Waals surface area contributed by atoms with E-state index in [0.29, 0.717) is 0 Å². The molecule has 0 aliphatic heterocycles. The van der Waals surface area contributed by atoms with E-state index in [4.69, 9.17) is 0 Å². The minimum atomic E-state index is 0.855. The molecule has 0 unspecified atom stereocenters. The van der Waals surface area contributed by atoms with Crippen molar-refractivity contribution in [3.05, 3.63) is 27.5 Å². The molecule has 1 N–H and O–H groups in total. The van der Waals surface area contributed by atoms with Crippen LogP contribution in [0.4, 0.5) is 5.82 Å². The minimum Gasteiger partial charge on any atom is -0.371 e. The Morgan fingerprint density at radius 3 is 2.44 bits per heavy atom. The van der Waals surface area contributed by atoms with Gasteiger partial charge < -0.3 is 5.32 Å². The fourth-order valence-corrected chi connectivity index (χ4v) is 2.37. The van der Waals surface area contributed by atoms with Crippen LogP contribution in [0.15, 0.2) is 11.4 Å². The molecule has 2 aromatic rings. The van der Waals surface area contributed by atoms with Crippen molar-refractivity contribution in [2.45, 2.75) is 20.8 Å². The summed E-state index contributed by atoms with van der Waals surface area (Å²) in [6, 6.07) is 2.15. The fraction of sp³-hybridized carbons (Fsp3) is 0.333. The summed E-state index contributed by atoms with van der Waals surface area (Å²) in [6.07, 6.45) is 0. The highest BCUT2D eigenvalue weighted by molar-refractivity contribution is 7.10. The molecule has 4 heteroatoms. The predicted octanol–water partition coefficient (Wildman–Crippen LogP) is 3.17. The molecule has 0 aromatic carbocycles. The third kappa shape index (κ3) is 1.80. The van der Waals surface area contributed by atoms with Crippen molar-refractivity contribution in [3.8, 4) is 11.3 Å². The highest BCUT2D eigenvalue weighted by Crippen LogP contribution is 2.28. The van der Waals surface area contributed by atoms with Gasteiger partial charge in [0.05, 0.1) is 5.69 Å². The standard InChI is InChI=1S/C12H15N3S/c1-7-5-10(6-16-7)11-8(2)9(3)12(13-4)15-14-11/h5-6H,1-4H3,(H,13,15). The largest absolute Gasteiger partial charge is 0.371 e. The van der Waals surface area contributed by atoms with Crippen LogP contribution in [0.3, 0.4) is 0 Å². The minimum absolute atomic E-state index is 0.855. The Morgan fingerprint density at radius 1 is 1.12 bits per heavy atom. The first kappa shape index (κ1) is 11.1. The van der Waals surface area contributed by atoms with E-state index in [0.717, 1.165) is 17.1 Å². The Kier molecular flexibility index (Phi) is 2.92. The lowest BCUT2D eigenvalue weighted by molar-refractivity contribution is 1.00. The van der Waals surface area contributed by atoms with Crippen LogP contribution in [0.25, 0.3) is 11.3 Å². The second-order valence-corrected chi connectivity index (χ2v) is 4.96. The van der Waals surface area contributed by atoms with E-state index in [1.807, 2.05) is 7.05 Å². The average molecular weight is 233 g/mol. The number of nitrogens with zero attached hydrogens (tertiary/aromatic N) is 2. The molecule has 0 aliphatic carbocycles. The molecule has 0 aliphatic rings. The first-order chi connectivity index (χ1) is 7.63. The number of hydrogen-bond acceptors (Lipinski definition) is 4. The van der Waals surface area contributed by atoms with E-state index in [1.165, 1.54) is 16.0 Å². The molecule has 3 nitrogen and oxygen atoms in total. The van der Waals surface area contributed by atoms with Gasteiger partial charge in [-0.1, -0.05) is 0 Å². The van der Waals surface area contributed by atoms with Crippen molar-refractivity contribution in [2.75, 3.05) is 12.4 Å². The first-order valence-electron chi connectivity index (χ1n) is 5.20. The van der Waals surface area contributed by atoms with E-state index < -0.39 is 0 Å². The van der Waals surface area contributed by atoms with Crippen LogP contribution in [0, 0.1) is 20.8 Å². The van der Waals surface area contributed by atoms with E-state index in [1.54, 1.807) is 11.3 Å². The lowest BCUT2D eigenvalue weighted by Gasteiger charge is -2.09. The molecule has 2 aromatic heterocycles. The molecule has 2 rings (SSSR count). The van der Waals surface area contributed by atoms with Crippen molar-refractivity contribution >= 4 is 17.2 Å². The van der Waals surface area contributed by atoms with Crippen molar-refractivity contribution in [1.82, 2.24) is 10.2 Å². The van der Waals surface area contributed by atoms with Crippen molar-refractivity contribution in [3.63, 3.8) is 0 Å². The van der Waals surface area contributed by atoms with Crippen LogP contribution in [0.2, 0.25) is 0 Å².